The van der Waals surface area contributed by atoms with Crippen molar-refractivity contribution in [1.82, 2.24) is 0 Å². The van der Waals surface area contributed by atoms with E-state index in [-0.39, 0.29) is 24.5 Å². The van der Waals surface area contributed by atoms with Gasteiger partial charge in [0.2, 0.25) is 0 Å². The SMILES string of the molecule is CCOC(CC(=N)N)OCC.Cl. The topological polar surface area (TPSA) is 68.3 Å². The molecule has 5 heteroatoms. The molecule has 12 heavy (non-hydrogen) atoms. The molecule has 0 aliphatic carbocycles. The lowest BCUT2D eigenvalue weighted by atomic mass is 10.4. The van der Waals surface area contributed by atoms with Crippen molar-refractivity contribution in [2.75, 3.05) is 13.2 Å². The van der Waals surface area contributed by atoms with E-state index < -0.39 is 0 Å². The molecule has 3 N–H and O–H groups in total. The largest absolute Gasteiger partial charge is 0.388 e. The smallest absolute Gasteiger partial charge is 0.164 e. The van der Waals surface area contributed by atoms with Gasteiger partial charge in [0.1, 0.15) is 0 Å². The highest BCUT2D eigenvalue weighted by atomic mass is 35.5. The van der Waals surface area contributed by atoms with Crippen LogP contribution in [0.1, 0.15) is 20.3 Å². The van der Waals surface area contributed by atoms with Crippen LogP contribution in [0.4, 0.5) is 0 Å². The number of ether oxygens (including phenoxy) is 2. The van der Waals surface area contributed by atoms with E-state index in [1.807, 2.05) is 13.8 Å². The summed E-state index contributed by atoms with van der Waals surface area (Å²) in [5.41, 5.74) is 5.18. The predicted molar refractivity (Wildman–Crippen MR) is 50.8 cm³/mol. The van der Waals surface area contributed by atoms with Gasteiger partial charge in [-0.1, -0.05) is 0 Å². The number of hydrogen-bond donors (Lipinski definition) is 2. The highest BCUT2D eigenvalue weighted by Gasteiger charge is 2.08. The van der Waals surface area contributed by atoms with Crippen molar-refractivity contribution < 1.29 is 9.47 Å². The summed E-state index contributed by atoms with van der Waals surface area (Å²) < 4.78 is 10.3. The molecule has 0 saturated heterocycles. The summed E-state index contributed by atoms with van der Waals surface area (Å²) in [5.74, 6) is 0.0944. The molecule has 0 heterocycles. The normalized spacial score (nSPS) is 9.58. The van der Waals surface area contributed by atoms with Gasteiger partial charge in [-0.3, -0.25) is 5.41 Å². The van der Waals surface area contributed by atoms with Crippen LogP contribution in [0.25, 0.3) is 0 Å². The van der Waals surface area contributed by atoms with E-state index in [1.54, 1.807) is 0 Å². The van der Waals surface area contributed by atoms with E-state index in [4.69, 9.17) is 20.6 Å². The highest BCUT2D eigenvalue weighted by molar-refractivity contribution is 5.85. The van der Waals surface area contributed by atoms with Crippen LogP contribution in [0.3, 0.4) is 0 Å². The molecule has 0 aromatic carbocycles. The van der Waals surface area contributed by atoms with Crippen molar-refractivity contribution >= 4 is 18.2 Å². The molecule has 0 unspecified atom stereocenters. The van der Waals surface area contributed by atoms with Gasteiger partial charge < -0.3 is 15.2 Å². The first kappa shape index (κ1) is 14.2. The van der Waals surface area contributed by atoms with Gasteiger partial charge >= 0.3 is 0 Å². The minimum absolute atomic E-state index is 0. The Hall–Kier alpha value is -0.320. The lowest BCUT2D eigenvalue weighted by Crippen LogP contribution is -2.24. The van der Waals surface area contributed by atoms with Crippen LogP contribution in [0.15, 0.2) is 0 Å². The average molecular weight is 197 g/mol. The number of hydrogen-bond acceptors (Lipinski definition) is 3. The number of halogens is 1. The molecule has 0 bridgehead atoms. The fraction of sp³-hybridized carbons (Fsp3) is 0.857. The van der Waals surface area contributed by atoms with Gasteiger partial charge in [0, 0.05) is 13.2 Å². The maximum atomic E-state index is 7.00. The number of amidine groups is 1. The first-order chi connectivity index (χ1) is 5.20. The van der Waals surface area contributed by atoms with E-state index in [9.17, 15) is 0 Å². The molecule has 0 saturated carbocycles. The Kier molecular flexibility index (Phi) is 10.4. The summed E-state index contributed by atoms with van der Waals surface area (Å²) >= 11 is 0. The molecule has 0 radical (unpaired) electrons. The van der Waals surface area contributed by atoms with Crippen LogP contribution in [0.5, 0.6) is 0 Å². The minimum atomic E-state index is -0.345. The molecule has 0 fully saturated rings. The molecule has 0 spiro atoms. The Morgan fingerprint density at radius 3 is 2.00 bits per heavy atom. The van der Waals surface area contributed by atoms with Gasteiger partial charge in [-0.15, -0.1) is 12.4 Å². The molecule has 0 amide bonds. The lowest BCUT2D eigenvalue weighted by Gasteiger charge is -2.15. The van der Waals surface area contributed by atoms with E-state index in [0.717, 1.165) is 0 Å². The van der Waals surface area contributed by atoms with Gasteiger partial charge in [-0.25, -0.2) is 0 Å². The summed E-state index contributed by atoms with van der Waals surface area (Å²) in [4.78, 5) is 0. The van der Waals surface area contributed by atoms with E-state index in [2.05, 4.69) is 0 Å². The third-order valence-electron chi connectivity index (χ3n) is 1.09. The summed E-state index contributed by atoms with van der Waals surface area (Å²) in [5, 5.41) is 7.00. The third-order valence-corrected chi connectivity index (χ3v) is 1.09. The monoisotopic (exact) mass is 196 g/mol. The first-order valence-electron chi connectivity index (χ1n) is 3.76. The zero-order chi connectivity index (χ0) is 8.69. The van der Waals surface area contributed by atoms with Gasteiger partial charge in [-0.05, 0) is 13.8 Å². The Morgan fingerprint density at radius 2 is 1.75 bits per heavy atom. The average Bonchev–Trinajstić information content (AvgIpc) is 1.87. The van der Waals surface area contributed by atoms with E-state index >= 15 is 0 Å². The van der Waals surface area contributed by atoms with Crippen molar-refractivity contribution in [2.45, 2.75) is 26.6 Å². The number of nitrogens with two attached hydrogens (primary N) is 1. The van der Waals surface area contributed by atoms with Gasteiger partial charge in [-0.2, -0.15) is 0 Å². The van der Waals surface area contributed by atoms with Crippen LogP contribution in [0, 0.1) is 5.41 Å². The van der Waals surface area contributed by atoms with E-state index in [1.165, 1.54) is 0 Å². The van der Waals surface area contributed by atoms with Gasteiger partial charge in [0.15, 0.2) is 6.29 Å². The van der Waals surface area contributed by atoms with Gasteiger partial charge in [0.05, 0.1) is 12.3 Å². The van der Waals surface area contributed by atoms with Crippen molar-refractivity contribution in [3.05, 3.63) is 0 Å². The molecular formula is C7H17ClN2O2. The number of rotatable bonds is 6. The zero-order valence-electron chi connectivity index (χ0n) is 7.50. The second-order valence-corrected chi connectivity index (χ2v) is 2.07. The van der Waals surface area contributed by atoms with Crippen molar-refractivity contribution in [1.29, 1.82) is 5.41 Å². The second-order valence-electron chi connectivity index (χ2n) is 2.07. The molecule has 0 aromatic rings. The fourth-order valence-electron chi connectivity index (χ4n) is 0.717. The molecule has 0 aliphatic heterocycles. The van der Waals surface area contributed by atoms with Crippen molar-refractivity contribution in [3.8, 4) is 0 Å². The molecule has 4 nitrogen and oxygen atoms in total. The molecule has 0 rings (SSSR count). The molecule has 0 atom stereocenters. The molecule has 74 valence electrons. The molecule has 0 aliphatic rings. The summed E-state index contributed by atoms with van der Waals surface area (Å²) in [6.07, 6.45) is 0.00398. The van der Waals surface area contributed by atoms with Crippen molar-refractivity contribution in [3.63, 3.8) is 0 Å². The standard InChI is InChI=1S/C7H16N2O2.ClH/c1-3-10-7(11-4-2)5-6(8)9;/h7H,3-5H2,1-2H3,(H3,8,9);1H. The van der Waals surface area contributed by atoms with Crippen molar-refractivity contribution in [2.24, 2.45) is 5.73 Å². The Morgan fingerprint density at radius 1 is 1.33 bits per heavy atom. The Balaban J connectivity index is 0. The lowest BCUT2D eigenvalue weighted by molar-refractivity contribution is -0.130. The van der Waals surface area contributed by atoms with Crippen LogP contribution < -0.4 is 5.73 Å². The quantitative estimate of drug-likeness (QED) is 0.380. The summed E-state index contributed by atoms with van der Waals surface area (Å²) in [7, 11) is 0. The third kappa shape index (κ3) is 7.78. The molecule has 0 aromatic heterocycles. The Bertz CT molecular complexity index is 116. The molecular weight excluding hydrogens is 180 g/mol. The predicted octanol–water partition coefficient (Wildman–Crippen LogP) is 1.13. The fourth-order valence-corrected chi connectivity index (χ4v) is 0.717. The summed E-state index contributed by atoms with van der Waals surface area (Å²) in [6.45, 7) is 4.92. The van der Waals surface area contributed by atoms with Crippen LogP contribution in [0.2, 0.25) is 0 Å². The maximum Gasteiger partial charge on any atom is 0.164 e. The van der Waals surface area contributed by atoms with Crippen LogP contribution in [-0.2, 0) is 9.47 Å². The zero-order valence-corrected chi connectivity index (χ0v) is 8.32. The maximum absolute atomic E-state index is 7.00. The minimum Gasteiger partial charge on any atom is -0.388 e. The van der Waals surface area contributed by atoms with Crippen LogP contribution >= 0.6 is 12.4 Å². The van der Waals surface area contributed by atoms with Gasteiger partial charge in [0.25, 0.3) is 0 Å². The first-order valence-corrected chi connectivity index (χ1v) is 3.76. The second kappa shape index (κ2) is 8.77. The van der Waals surface area contributed by atoms with E-state index in [0.29, 0.717) is 19.6 Å². The number of nitrogens with one attached hydrogen (secondary N) is 1. The van der Waals surface area contributed by atoms with Crippen LogP contribution in [-0.4, -0.2) is 25.3 Å². The Labute approximate surface area is 79.3 Å². The summed E-state index contributed by atoms with van der Waals surface area (Å²) in [6, 6.07) is 0. The highest BCUT2D eigenvalue weighted by Crippen LogP contribution is 1.99.